The number of hydrogen-bond acceptors (Lipinski definition) is 4. The van der Waals surface area contributed by atoms with Crippen molar-refractivity contribution in [3.8, 4) is 0 Å². The van der Waals surface area contributed by atoms with Gasteiger partial charge in [0.05, 0.1) is 10.7 Å². The van der Waals surface area contributed by atoms with Crippen LogP contribution in [0, 0.1) is 6.92 Å². The minimum atomic E-state index is -1.02. The molecule has 0 bridgehead atoms. The number of carboxylic acid groups (broad SMARTS) is 1. The van der Waals surface area contributed by atoms with Gasteiger partial charge in [-0.2, -0.15) is 0 Å². The minimum Gasteiger partial charge on any atom is -0.480 e. The molecule has 18 heavy (non-hydrogen) atoms. The molecular formula is C12H16N2O3S. The van der Waals surface area contributed by atoms with Gasteiger partial charge in [0.1, 0.15) is 6.54 Å². The number of carboxylic acids is 1. The summed E-state index contributed by atoms with van der Waals surface area (Å²) in [5.41, 5.74) is 0.713. The first-order valence-electron chi connectivity index (χ1n) is 5.52. The maximum absolute atomic E-state index is 11.9. The molecule has 6 heteroatoms. The summed E-state index contributed by atoms with van der Waals surface area (Å²) < 4.78 is 0. The average Bonchev–Trinajstić information content (AvgIpc) is 2.68. The van der Waals surface area contributed by atoms with Gasteiger partial charge >= 0.3 is 5.97 Å². The summed E-state index contributed by atoms with van der Waals surface area (Å²) in [6.07, 6.45) is 2.96. The highest BCUT2D eigenvalue weighted by atomic mass is 32.1. The van der Waals surface area contributed by atoms with Crippen molar-refractivity contribution in [2.75, 3.05) is 6.54 Å². The van der Waals surface area contributed by atoms with E-state index < -0.39 is 5.97 Å². The normalized spacial score (nSPS) is 11.1. The fourth-order valence-electron chi connectivity index (χ4n) is 1.37. The lowest BCUT2D eigenvalue weighted by molar-refractivity contribution is -0.143. The number of aliphatic carboxylic acids is 1. The third-order valence-electron chi connectivity index (χ3n) is 2.25. The molecule has 0 atom stereocenters. The summed E-state index contributed by atoms with van der Waals surface area (Å²) in [7, 11) is 0. The largest absolute Gasteiger partial charge is 0.480 e. The maximum atomic E-state index is 11.9. The fraction of sp³-hybridized carbons (Fsp3) is 0.417. The van der Waals surface area contributed by atoms with E-state index in [0.29, 0.717) is 5.69 Å². The third kappa shape index (κ3) is 4.29. The van der Waals surface area contributed by atoms with Crippen molar-refractivity contribution >= 4 is 29.3 Å². The van der Waals surface area contributed by atoms with Crippen LogP contribution in [0.5, 0.6) is 0 Å². The lowest BCUT2D eigenvalue weighted by Gasteiger charge is -2.23. The topological polar surface area (TPSA) is 70.5 Å². The van der Waals surface area contributed by atoms with Crippen molar-refractivity contribution in [1.29, 1.82) is 0 Å². The van der Waals surface area contributed by atoms with Crippen LogP contribution in [-0.2, 0) is 9.59 Å². The van der Waals surface area contributed by atoms with E-state index in [1.807, 2.05) is 12.3 Å². The smallest absolute Gasteiger partial charge is 0.323 e. The molecule has 1 rings (SSSR count). The summed E-state index contributed by atoms with van der Waals surface area (Å²) in [6, 6.07) is -0.157. The molecule has 0 aliphatic rings. The maximum Gasteiger partial charge on any atom is 0.323 e. The molecule has 1 heterocycles. The molecule has 0 aliphatic heterocycles. The van der Waals surface area contributed by atoms with Gasteiger partial charge in [0, 0.05) is 17.5 Å². The predicted octanol–water partition coefficient (Wildman–Crippen LogP) is 1.79. The van der Waals surface area contributed by atoms with Crippen molar-refractivity contribution in [2.24, 2.45) is 0 Å². The second-order valence-corrected chi connectivity index (χ2v) is 5.14. The van der Waals surface area contributed by atoms with E-state index in [4.69, 9.17) is 5.11 Å². The van der Waals surface area contributed by atoms with Gasteiger partial charge in [-0.15, -0.1) is 11.3 Å². The number of amides is 1. The van der Waals surface area contributed by atoms with Crippen molar-refractivity contribution < 1.29 is 14.7 Å². The second-order valence-electron chi connectivity index (χ2n) is 4.08. The molecule has 0 radical (unpaired) electrons. The van der Waals surface area contributed by atoms with Crippen LogP contribution in [0.1, 0.15) is 24.5 Å². The quantitative estimate of drug-likeness (QED) is 0.826. The molecule has 0 fully saturated rings. The van der Waals surface area contributed by atoms with E-state index in [-0.39, 0.29) is 18.5 Å². The number of carbonyl (C=O) groups excluding carboxylic acids is 1. The highest BCUT2D eigenvalue weighted by molar-refractivity contribution is 7.09. The number of aryl methyl sites for hydroxylation is 1. The summed E-state index contributed by atoms with van der Waals surface area (Å²) in [4.78, 5) is 28.0. The molecule has 0 unspecified atom stereocenters. The number of rotatable bonds is 5. The molecule has 0 aromatic carbocycles. The Morgan fingerprint density at radius 2 is 2.22 bits per heavy atom. The Labute approximate surface area is 110 Å². The Morgan fingerprint density at radius 1 is 1.56 bits per heavy atom. The van der Waals surface area contributed by atoms with E-state index in [9.17, 15) is 9.59 Å². The third-order valence-corrected chi connectivity index (χ3v) is 3.04. The molecule has 1 aromatic heterocycles. The molecule has 1 aromatic rings. The van der Waals surface area contributed by atoms with E-state index in [2.05, 4.69) is 4.98 Å². The summed E-state index contributed by atoms with van der Waals surface area (Å²) >= 11 is 1.50. The van der Waals surface area contributed by atoms with Gasteiger partial charge in [0.2, 0.25) is 5.91 Å². The van der Waals surface area contributed by atoms with Crippen molar-refractivity contribution in [2.45, 2.75) is 26.8 Å². The van der Waals surface area contributed by atoms with Gasteiger partial charge in [0.15, 0.2) is 0 Å². The van der Waals surface area contributed by atoms with E-state index >= 15 is 0 Å². The second kappa shape index (κ2) is 6.30. The van der Waals surface area contributed by atoms with Gasteiger partial charge in [0.25, 0.3) is 0 Å². The predicted molar refractivity (Wildman–Crippen MR) is 70.4 cm³/mol. The van der Waals surface area contributed by atoms with Crippen LogP contribution in [-0.4, -0.2) is 39.5 Å². The van der Waals surface area contributed by atoms with Crippen LogP contribution in [0.3, 0.4) is 0 Å². The molecule has 0 aliphatic carbocycles. The molecule has 98 valence electrons. The monoisotopic (exact) mass is 268 g/mol. The Hall–Kier alpha value is -1.69. The molecule has 1 N–H and O–H groups in total. The number of hydrogen-bond donors (Lipinski definition) is 1. The lowest BCUT2D eigenvalue weighted by atomic mass is 10.3. The lowest BCUT2D eigenvalue weighted by Crippen LogP contribution is -2.39. The molecule has 1 amide bonds. The van der Waals surface area contributed by atoms with Gasteiger partial charge in [-0.3, -0.25) is 9.59 Å². The van der Waals surface area contributed by atoms with Crippen LogP contribution < -0.4 is 0 Å². The first-order valence-corrected chi connectivity index (χ1v) is 6.40. The van der Waals surface area contributed by atoms with Crippen LogP contribution in [0.2, 0.25) is 0 Å². The summed E-state index contributed by atoms with van der Waals surface area (Å²) in [5, 5.41) is 11.5. The van der Waals surface area contributed by atoms with E-state index in [0.717, 1.165) is 5.01 Å². The van der Waals surface area contributed by atoms with Crippen molar-refractivity contribution in [3.63, 3.8) is 0 Å². The Kier molecular flexibility index (Phi) is 5.03. The van der Waals surface area contributed by atoms with Gasteiger partial charge in [-0.05, 0) is 26.8 Å². The number of nitrogens with zero attached hydrogens (tertiary/aromatic N) is 2. The highest BCUT2D eigenvalue weighted by Gasteiger charge is 2.17. The first kappa shape index (κ1) is 14.4. The summed E-state index contributed by atoms with van der Waals surface area (Å²) in [6.45, 7) is 5.15. The highest BCUT2D eigenvalue weighted by Crippen LogP contribution is 2.10. The van der Waals surface area contributed by atoms with Gasteiger partial charge in [-0.25, -0.2) is 4.98 Å². The molecular weight excluding hydrogens is 252 g/mol. The number of thiazole rings is 1. The minimum absolute atomic E-state index is 0.157. The van der Waals surface area contributed by atoms with Crippen LogP contribution in [0.25, 0.3) is 6.08 Å². The average molecular weight is 268 g/mol. The molecule has 0 saturated heterocycles. The first-order chi connectivity index (χ1) is 8.40. The zero-order valence-corrected chi connectivity index (χ0v) is 11.4. The summed E-state index contributed by atoms with van der Waals surface area (Å²) in [5.74, 6) is -1.34. The van der Waals surface area contributed by atoms with Crippen molar-refractivity contribution in [1.82, 2.24) is 9.88 Å². The van der Waals surface area contributed by atoms with Crippen LogP contribution in [0.4, 0.5) is 0 Å². The number of carbonyl (C=O) groups is 2. The van der Waals surface area contributed by atoms with Gasteiger partial charge < -0.3 is 10.0 Å². The Bertz CT molecular complexity index is 466. The van der Waals surface area contributed by atoms with Gasteiger partial charge in [-0.1, -0.05) is 0 Å². The molecule has 0 spiro atoms. The number of aromatic nitrogens is 1. The zero-order chi connectivity index (χ0) is 13.7. The standard InChI is InChI=1S/C12H16N2O3S/c1-8(2)14(6-12(16)17)11(15)5-4-10-7-18-9(3)13-10/h4-5,7-8H,6H2,1-3H3,(H,16,17)/b5-4+. The fourth-order valence-corrected chi connectivity index (χ4v) is 1.95. The van der Waals surface area contributed by atoms with Crippen molar-refractivity contribution in [3.05, 3.63) is 22.2 Å². The Morgan fingerprint density at radius 3 is 2.67 bits per heavy atom. The SMILES string of the molecule is Cc1nc(/C=C/C(=O)N(CC(=O)O)C(C)C)cs1. The van der Waals surface area contributed by atoms with Crippen LogP contribution >= 0.6 is 11.3 Å². The Balaban J connectivity index is 2.72. The molecule has 5 nitrogen and oxygen atoms in total. The zero-order valence-electron chi connectivity index (χ0n) is 10.6. The van der Waals surface area contributed by atoms with E-state index in [1.54, 1.807) is 19.9 Å². The van der Waals surface area contributed by atoms with E-state index in [1.165, 1.54) is 22.3 Å². The molecule has 0 saturated carbocycles. The van der Waals surface area contributed by atoms with Crippen LogP contribution in [0.15, 0.2) is 11.5 Å².